The van der Waals surface area contributed by atoms with E-state index in [0.29, 0.717) is 18.0 Å². The lowest BCUT2D eigenvalue weighted by Crippen LogP contribution is -2.28. The maximum atomic E-state index is 12.9. The van der Waals surface area contributed by atoms with Crippen molar-refractivity contribution in [1.82, 2.24) is 4.72 Å². The van der Waals surface area contributed by atoms with Gasteiger partial charge < -0.3 is 9.64 Å². The van der Waals surface area contributed by atoms with Crippen LogP contribution in [0.15, 0.2) is 71.6 Å². The third-order valence-corrected chi connectivity index (χ3v) is 7.33. The van der Waals surface area contributed by atoms with E-state index in [9.17, 15) is 17.4 Å². The summed E-state index contributed by atoms with van der Waals surface area (Å²) < 4.78 is 65.8. The van der Waals surface area contributed by atoms with Crippen LogP contribution in [0.3, 0.4) is 0 Å². The molecule has 34 heavy (non-hydrogen) atoms. The fourth-order valence-corrected chi connectivity index (χ4v) is 5.47. The van der Waals surface area contributed by atoms with E-state index in [2.05, 4.69) is 20.4 Å². The van der Waals surface area contributed by atoms with Crippen molar-refractivity contribution in [3.63, 3.8) is 0 Å². The van der Waals surface area contributed by atoms with Gasteiger partial charge in [-0.25, -0.2) is 13.7 Å². The van der Waals surface area contributed by atoms with E-state index < -0.39 is 22.0 Å². The topological polar surface area (TPSA) is 65.4 Å². The Labute approximate surface area is 201 Å². The second-order valence-corrected chi connectivity index (χ2v) is 10.1. The van der Waals surface area contributed by atoms with Crippen LogP contribution in [0.4, 0.5) is 24.5 Å². The monoisotopic (exact) mass is 509 g/mol. The lowest BCUT2D eigenvalue weighted by Gasteiger charge is -2.27. The molecule has 0 aliphatic carbocycles. The van der Waals surface area contributed by atoms with Crippen molar-refractivity contribution in [1.29, 1.82) is 4.78 Å². The number of halogens is 4. The van der Waals surface area contributed by atoms with E-state index in [1.807, 2.05) is 36.4 Å². The fraction of sp³-hybridized carbons (Fsp3) is 0.250. The number of ether oxygens (including phenoxy) is 1. The zero-order valence-electron chi connectivity index (χ0n) is 18.1. The molecular weight excluding hydrogens is 487 g/mol. The molecule has 1 unspecified atom stereocenters. The molecule has 10 heteroatoms. The summed E-state index contributed by atoms with van der Waals surface area (Å²) in [6.45, 7) is 0.685. The fourth-order valence-electron chi connectivity index (χ4n) is 4.05. The molecule has 0 spiro atoms. The Hall–Kier alpha value is -2.75. The first-order valence-electron chi connectivity index (χ1n) is 10.7. The van der Waals surface area contributed by atoms with Crippen molar-refractivity contribution in [2.75, 3.05) is 18.0 Å². The van der Waals surface area contributed by atoms with Crippen LogP contribution in [0.5, 0.6) is 5.75 Å². The standard InChI is InChI=1S/C24H23ClF3N3O2S/c25-19-13-12-18-11-10-17-6-1-2-7-20(17)31(21(18)16-19)15-5-14-30-34(29,32)23-9-4-3-8-22(23)33-24(26,27)28/h1-4,6-9,12-13,16H,5,10-11,14-15H2,(H2,29,30,32). The van der Waals surface area contributed by atoms with Gasteiger partial charge in [0, 0.05) is 29.5 Å². The number of hydrogen-bond donors (Lipinski definition) is 2. The van der Waals surface area contributed by atoms with Gasteiger partial charge in [-0.3, -0.25) is 0 Å². The largest absolute Gasteiger partial charge is 0.573 e. The van der Waals surface area contributed by atoms with Crippen LogP contribution in [0.2, 0.25) is 5.02 Å². The van der Waals surface area contributed by atoms with E-state index in [4.69, 9.17) is 16.4 Å². The van der Waals surface area contributed by atoms with E-state index in [1.54, 1.807) is 0 Å². The predicted octanol–water partition coefficient (Wildman–Crippen LogP) is 6.48. The molecule has 1 aliphatic rings. The molecule has 180 valence electrons. The van der Waals surface area contributed by atoms with Crippen molar-refractivity contribution in [2.24, 2.45) is 0 Å². The molecule has 5 nitrogen and oxygen atoms in total. The average molecular weight is 510 g/mol. The van der Waals surface area contributed by atoms with Crippen LogP contribution in [0, 0.1) is 4.78 Å². The SMILES string of the molecule is N=S(=O)(NCCCN1c2ccccc2CCc2ccc(Cl)cc21)c1ccccc1OC(F)(F)F. The summed E-state index contributed by atoms with van der Waals surface area (Å²) in [4.78, 5) is 1.81. The Bertz CT molecular complexity index is 1280. The van der Waals surface area contributed by atoms with Gasteiger partial charge in [-0.05, 0) is 60.7 Å². The van der Waals surface area contributed by atoms with Crippen LogP contribution in [-0.4, -0.2) is 23.7 Å². The number of fused-ring (bicyclic) bond motifs is 2. The van der Waals surface area contributed by atoms with Gasteiger partial charge in [0.05, 0.1) is 0 Å². The number of alkyl halides is 3. The minimum Gasteiger partial charge on any atom is -0.404 e. The Morgan fingerprint density at radius 1 is 1.00 bits per heavy atom. The third kappa shape index (κ3) is 5.65. The molecule has 1 atom stereocenters. The van der Waals surface area contributed by atoms with Gasteiger partial charge in [0.25, 0.3) is 0 Å². The molecule has 0 amide bonds. The second-order valence-electron chi connectivity index (χ2n) is 7.85. The van der Waals surface area contributed by atoms with Crippen LogP contribution in [0.1, 0.15) is 17.5 Å². The second kappa shape index (κ2) is 9.85. The van der Waals surface area contributed by atoms with Crippen LogP contribution >= 0.6 is 11.6 Å². The smallest absolute Gasteiger partial charge is 0.404 e. The number of aryl methyl sites for hydroxylation is 2. The Morgan fingerprint density at radius 3 is 2.44 bits per heavy atom. The molecule has 0 saturated carbocycles. The Kier molecular flexibility index (Phi) is 7.06. The quantitative estimate of drug-likeness (QED) is 0.358. The minimum absolute atomic E-state index is 0.150. The highest BCUT2D eigenvalue weighted by molar-refractivity contribution is 7.90. The average Bonchev–Trinajstić information content (AvgIpc) is 2.92. The summed E-state index contributed by atoms with van der Waals surface area (Å²) in [5.41, 5.74) is 4.41. The first-order valence-corrected chi connectivity index (χ1v) is 12.6. The molecular formula is C24H23ClF3N3O2S. The van der Waals surface area contributed by atoms with E-state index in [-0.39, 0.29) is 11.4 Å². The molecule has 0 radical (unpaired) electrons. The number of anilines is 2. The summed E-state index contributed by atoms with van der Waals surface area (Å²) >= 11 is 6.28. The van der Waals surface area contributed by atoms with E-state index >= 15 is 0 Å². The van der Waals surface area contributed by atoms with Crippen molar-refractivity contribution >= 4 is 32.9 Å². The van der Waals surface area contributed by atoms with Gasteiger partial charge in [-0.2, -0.15) is 0 Å². The number of para-hydroxylation sites is 2. The molecule has 0 fully saturated rings. The molecule has 0 aromatic heterocycles. The summed E-state index contributed by atoms with van der Waals surface area (Å²) in [5, 5.41) is 0.622. The zero-order chi connectivity index (χ0) is 24.3. The normalized spacial score (nSPS) is 15.1. The van der Waals surface area contributed by atoms with Gasteiger partial charge in [0.1, 0.15) is 20.6 Å². The number of benzene rings is 3. The molecule has 2 N–H and O–H groups in total. The molecule has 1 aliphatic heterocycles. The summed E-state index contributed by atoms with van der Waals surface area (Å²) in [6.07, 6.45) is -2.70. The van der Waals surface area contributed by atoms with Crippen molar-refractivity contribution in [3.05, 3.63) is 82.9 Å². The maximum Gasteiger partial charge on any atom is 0.573 e. The lowest BCUT2D eigenvalue weighted by atomic mass is 10.0. The molecule has 3 aromatic rings. The molecule has 4 rings (SSSR count). The first kappa shape index (κ1) is 24.4. The highest BCUT2D eigenvalue weighted by Crippen LogP contribution is 2.37. The van der Waals surface area contributed by atoms with Gasteiger partial charge in [-0.15, -0.1) is 13.2 Å². The number of nitrogens with zero attached hydrogens (tertiary/aromatic N) is 1. The van der Waals surface area contributed by atoms with Gasteiger partial charge in [-0.1, -0.05) is 48.0 Å². The Morgan fingerprint density at radius 2 is 1.68 bits per heavy atom. The first-order chi connectivity index (χ1) is 16.1. The van der Waals surface area contributed by atoms with E-state index in [0.717, 1.165) is 35.8 Å². The number of rotatable bonds is 7. The number of hydrogen-bond acceptors (Lipinski definition) is 4. The van der Waals surface area contributed by atoms with Gasteiger partial charge in [0.2, 0.25) is 0 Å². The molecule has 3 aromatic carbocycles. The van der Waals surface area contributed by atoms with E-state index in [1.165, 1.54) is 23.8 Å². The predicted molar refractivity (Wildman–Crippen MR) is 127 cm³/mol. The van der Waals surface area contributed by atoms with Crippen LogP contribution in [-0.2, 0) is 22.8 Å². The Balaban J connectivity index is 1.50. The maximum absolute atomic E-state index is 12.9. The van der Waals surface area contributed by atoms with Gasteiger partial charge in [0.15, 0.2) is 0 Å². The van der Waals surface area contributed by atoms with Crippen molar-refractivity contribution in [2.45, 2.75) is 30.5 Å². The van der Waals surface area contributed by atoms with Gasteiger partial charge >= 0.3 is 6.36 Å². The lowest BCUT2D eigenvalue weighted by molar-refractivity contribution is -0.275. The summed E-state index contributed by atoms with van der Waals surface area (Å²) in [6, 6.07) is 18.9. The zero-order valence-corrected chi connectivity index (χ0v) is 19.6. The van der Waals surface area contributed by atoms with Crippen LogP contribution in [0.25, 0.3) is 0 Å². The van der Waals surface area contributed by atoms with Crippen molar-refractivity contribution < 1.29 is 22.1 Å². The summed E-state index contributed by atoms with van der Waals surface area (Å²) in [5.74, 6) is -0.646. The van der Waals surface area contributed by atoms with Crippen LogP contribution < -0.4 is 14.4 Å². The molecule has 0 saturated heterocycles. The highest BCUT2D eigenvalue weighted by Gasteiger charge is 2.33. The minimum atomic E-state index is -4.94. The third-order valence-electron chi connectivity index (χ3n) is 5.53. The highest BCUT2D eigenvalue weighted by atomic mass is 35.5. The number of nitrogens with one attached hydrogen (secondary N) is 2. The molecule has 1 heterocycles. The molecule has 0 bridgehead atoms. The summed E-state index contributed by atoms with van der Waals surface area (Å²) in [7, 11) is -3.72. The van der Waals surface area contributed by atoms with Crippen molar-refractivity contribution in [3.8, 4) is 5.75 Å².